The molecule has 0 bridgehead atoms. The molecule has 0 saturated carbocycles. The Hall–Kier alpha value is -0.780. The Kier molecular flexibility index (Phi) is 4.04. The summed E-state index contributed by atoms with van der Waals surface area (Å²) in [5.41, 5.74) is 0. The highest BCUT2D eigenvalue weighted by Gasteiger charge is 2.18. The standard InChI is InChI=1S/C11H17N3OS/c1-14(7-9-2-3-12-6-9)8-10(15)11-13-4-5-16-11/h4-5,9,12H,2-3,6-8H2,1H3/t9-/m0/s1. The van der Waals surface area contributed by atoms with Crippen molar-refractivity contribution in [1.82, 2.24) is 15.2 Å². The van der Waals surface area contributed by atoms with Gasteiger partial charge in [0.2, 0.25) is 5.78 Å². The highest BCUT2D eigenvalue weighted by atomic mass is 32.1. The second kappa shape index (κ2) is 5.52. The second-order valence-electron chi connectivity index (χ2n) is 4.32. The Labute approximate surface area is 99.7 Å². The number of nitrogens with zero attached hydrogens (tertiary/aromatic N) is 2. The molecule has 0 radical (unpaired) electrons. The summed E-state index contributed by atoms with van der Waals surface area (Å²) >= 11 is 1.42. The zero-order chi connectivity index (χ0) is 11.4. The highest BCUT2D eigenvalue weighted by Crippen LogP contribution is 2.10. The van der Waals surface area contributed by atoms with Crippen molar-refractivity contribution >= 4 is 17.1 Å². The maximum absolute atomic E-state index is 11.8. The quantitative estimate of drug-likeness (QED) is 0.774. The lowest BCUT2D eigenvalue weighted by molar-refractivity contribution is 0.0939. The number of ketones is 1. The zero-order valence-corrected chi connectivity index (χ0v) is 10.3. The average molecular weight is 239 g/mol. The minimum Gasteiger partial charge on any atom is -0.316 e. The molecule has 1 aromatic heterocycles. The summed E-state index contributed by atoms with van der Waals surface area (Å²) in [4.78, 5) is 17.9. The van der Waals surface area contributed by atoms with Crippen molar-refractivity contribution in [2.45, 2.75) is 6.42 Å². The van der Waals surface area contributed by atoms with Crippen molar-refractivity contribution in [2.75, 3.05) is 33.2 Å². The van der Waals surface area contributed by atoms with Gasteiger partial charge in [-0.2, -0.15) is 0 Å². The summed E-state index contributed by atoms with van der Waals surface area (Å²) in [5.74, 6) is 0.817. The molecule has 0 aromatic carbocycles. The van der Waals surface area contributed by atoms with Gasteiger partial charge in [-0.15, -0.1) is 11.3 Å². The molecule has 1 N–H and O–H groups in total. The summed E-state index contributed by atoms with van der Waals surface area (Å²) in [5, 5.41) is 5.80. The number of thiazole rings is 1. The summed E-state index contributed by atoms with van der Waals surface area (Å²) in [6, 6.07) is 0. The van der Waals surface area contributed by atoms with E-state index in [1.807, 2.05) is 12.4 Å². The lowest BCUT2D eigenvalue weighted by atomic mass is 10.1. The fourth-order valence-corrected chi connectivity index (χ4v) is 2.62. The first-order chi connectivity index (χ1) is 7.75. The minimum atomic E-state index is 0.128. The van der Waals surface area contributed by atoms with E-state index < -0.39 is 0 Å². The summed E-state index contributed by atoms with van der Waals surface area (Å²) in [6.07, 6.45) is 2.90. The molecule has 1 aliphatic rings. The molecule has 0 aliphatic carbocycles. The van der Waals surface area contributed by atoms with E-state index in [2.05, 4.69) is 15.2 Å². The summed E-state index contributed by atoms with van der Waals surface area (Å²) < 4.78 is 0. The molecular weight excluding hydrogens is 222 g/mol. The number of hydrogen-bond acceptors (Lipinski definition) is 5. The molecule has 0 amide bonds. The Balaban J connectivity index is 1.78. The van der Waals surface area contributed by atoms with Crippen molar-refractivity contribution in [3.05, 3.63) is 16.6 Å². The zero-order valence-electron chi connectivity index (χ0n) is 9.48. The van der Waals surface area contributed by atoms with Gasteiger partial charge in [0.05, 0.1) is 6.54 Å². The SMILES string of the molecule is CN(CC(=O)c1nccs1)C[C@H]1CCNC1. The molecule has 1 aromatic rings. The molecule has 1 atom stereocenters. The predicted molar refractivity (Wildman–Crippen MR) is 64.9 cm³/mol. The molecule has 88 valence electrons. The van der Waals surface area contributed by atoms with Crippen LogP contribution in [-0.4, -0.2) is 48.9 Å². The molecular formula is C11H17N3OS. The smallest absolute Gasteiger partial charge is 0.205 e. The van der Waals surface area contributed by atoms with Gasteiger partial charge in [0, 0.05) is 18.1 Å². The third kappa shape index (κ3) is 3.10. The van der Waals surface area contributed by atoms with Crippen LogP contribution in [0.2, 0.25) is 0 Å². The van der Waals surface area contributed by atoms with Gasteiger partial charge >= 0.3 is 0 Å². The van der Waals surface area contributed by atoms with Crippen LogP contribution in [0.15, 0.2) is 11.6 Å². The van der Waals surface area contributed by atoms with Crippen LogP contribution in [0.1, 0.15) is 16.2 Å². The van der Waals surface area contributed by atoms with Crippen molar-refractivity contribution < 1.29 is 4.79 Å². The molecule has 4 nitrogen and oxygen atoms in total. The number of rotatable bonds is 5. The van der Waals surface area contributed by atoms with Gasteiger partial charge in [0.1, 0.15) is 0 Å². The van der Waals surface area contributed by atoms with Crippen LogP contribution in [0, 0.1) is 5.92 Å². The van der Waals surface area contributed by atoms with Crippen molar-refractivity contribution in [3.8, 4) is 0 Å². The van der Waals surface area contributed by atoms with Crippen LogP contribution >= 0.6 is 11.3 Å². The Morgan fingerprint density at radius 2 is 2.62 bits per heavy atom. The van der Waals surface area contributed by atoms with Crippen molar-refractivity contribution in [2.24, 2.45) is 5.92 Å². The lowest BCUT2D eigenvalue weighted by Gasteiger charge is -2.18. The van der Waals surface area contributed by atoms with Crippen molar-refractivity contribution in [3.63, 3.8) is 0 Å². The molecule has 1 saturated heterocycles. The molecule has 0 spiro atoms. The molecule has 1 fully saturated rings. The van der Waals surface area contributed by atoms with Gasteiger partial charge in [-0.1, -0.05) is 0 Å². The van der Waals surface area contributed by atoms with E-state index in [0.29, 0.717) is 17.5 Å². The van der Waals surface area contributed by atoms with Gasteiger partial charge in [-0.05, 0) is 32.5 Å². The topological polar surface area (TPSA) is 45.2 Å². The maximum atomic E-state index is 11.8. The van der Waals surface area contributed by atoms with Crippen LogP contribution in [0.5, 0.6) is 0 Å². The Bertz CT molecular complexity index is 333. The molecule has 16 heavy (non-hydrogen) atoms. The van der Waals surface area contributed by atoms with E-state index in [9.17, 15) is 4.79 Å². The van der Waals surface area contributed by atoms with Gasteiger partial charge in [-0.3, -0.25) is 9.69 Å². The van der Waals surface area contributed by atoms with Gasteiger partial charge < -0.3 is 5.32 Å². The molecule has 0 unspecified atom stereocenters. The van der Waals surface area contributed by atoms with Crippen LogP contribution in [0.4, 0.5) is 0 Å². The maximum Gasteiger partial charge on any atom is 0.205 e. The fraction of sp³-hybridized carbons (Fsp3) is 0.636. The largest absolute Gasteiger partial charge is 0.316 e. The van der Waals surface area contributed by atoms with E-state index in [4.69, 9.17) is 0 Å². The lowest BCUT2D eigenvalue weighted by Crippen LogP contribution is -2.31. The molecule has 2 rings (SSSR count). The first kappa shape index (κ1) is 11.7. The van der Waals surface area contributed by atoms with E-state index in [-0.39, 0.29) is 5.78 Å². The molecule has 5 heteroatoms. The number of carbonyl (C=O) groups is 1. The second-order valence-corrected chi connectivity index (χ2v) is 5.21. The van der Waals surface area contributed by atoms with Gasteiger partial charge in [0.15, 0.2) is 5.01 Å². The molecule has 1 aliphatic heterocycles. The van der Waals surface area contributed by atoms with Crippen LogP contribution in [0.25, 0.3) is 0 Å². The number of Topliss-reactive ketones (excluding diaryl/α,β-unsaturated/α-hetero) is 1. The van der Waals surface area contributed by atoms with Gasteiger partial charge in [-0.25, -0.2) is 4.98 Å². The third-order valence-electron chi connectivity index (χ3n) is 2.82. The normalized spacial score (nSPS) is 20.5. The Morgan fingerprint density at radius 1 is 1.75 bits per heavy atom. The number of carbonyl (C=O) groups excluding carboxylic acids is 1. The number of hydrogen-bond donors (Lipinski definition) is 1. The van der Waals surface area contributed by atoms with Crippen molar-refractivity contribution in [1.29, 1.82) is 0 Å². The fourth-order valence-electron chi connectivity index (χ4n) is 2.05. The molecule has 2 heterocycles. The minimum absolute atomic E-state index is 0.128. The van der Waals surface area contributed by atoms with Crippen LogP contribution in [-0.2, 0) is 0 Å². The first-order valence-electron chi connectivity index (χ1n) is 5.57. The summed E-state index contributed by atoms with van der Waals surface area (Å²) in [7, 11) is 2.00. The Morgan fingerprint density at radius 3 is 3.25 bits per heavy atom. The summed E-state index contributed by atoms with van der Waals surface area (Å²) in [6.45, 7) is 3.66. The number of aromatic nitrogens is 1. The van der Waals surface area contributed by atoms with Crippen LogP contribution < -0.4 is 5.32 Å². The monoisotopic (exact) mass is 239 g/mol. The average Bonchev–Trinajstić information content (AvgIpc) is 2.88. The van der Waals surface area contributed by atoms with Crippen LogP contribution in [0.3, 0.4) is 0 Å². The highest BCUT2D eigenvalue weighted by molar-refractivity contribution is 7.11. The number of nitrogens with one attached hydrogen (secondary N) is 1. The van der Waals surface area contributed by atoms with E-state index >= 15 is 0 Å². The van der Waals surface area contributed by atoms with E-state index in [0.717, 1.165) is 19.6 Å². The van der Waals surface area contributed by atoms with E-state index in [1.54, 1.807) is 6.20 Å². The van der Waals surface area contributed by atoms with E-state index in [1.165, 1.54) is 17.8 Å². The third-order valence-corrected chi connectivity index (χ3v) is 3.63. The first-order valence-corrected chi connectivity index (χ1v) is 6.45. The van der Waals surface area contributed by atoms with Gasteiger partial charge in [0.25, 0.3) is 0 Å². The number of likely N-dealkylation sites (N-methyl/N-ethyl adjacent to an activating group) is 1. The predicted octanol–water partition coefficient (Wildman–Crippen LogP) is 0.867.